The molecule has 0 bridgehead atoms. The monoisotopic (exact) mass is 204 g/mol. The summed E-state index contributed by atoms with van der Waals surface area (Å²) in [5, 5.41) is 20.4. The number of carboxylic acid groups (broad SMARTS) is 2. The quantitative estimate of drug-likeness (QED) is 0.455. The Morgan fingerprint density at radius 1 is 0.923 bits per heavy atom. The van der Waals surface area contributed by atoms with Crippen LogP contribution in [0.5, 0.6) is 0 Å². The van der Waals surface area contributed by atoms with Gasteiger partial charge in [-0.05, 0) is 11.1 Å². The molecule has 0 saturated carbocycles. The first kappa shape index (κ1) is 12.8. The van der Waals surface area contributed by atoms with Gasteiger partial charge in [-0.2, -0.15) is 0 Å². The number of carbonyl (C=O) groups is 2. The van der Waals surface area contributed by atoms with Gasteiger partial charge in [-0.15, -0.1) is 0 Å². The van der Waals surface area contributed by atoms with Crippen LogP contribution < -0.4 is 61.6 Å². The first-order valence-corrected chi connectivity index (χ1v) is 3.14. The van der Waals surface area contributed by atoms with Gasteiger partial charge < -0.3 is 19.8 Å². The molecule has 4 nitrogen and oxygen atoms in total. The zero-order valence-corrected chi connectivity index (χ0v) is 10.1. The summed E-state index contributed by atoms with van der Waals surface area (Å²) in [6.07, 6.45) is 0. The van der Waals surface area contributed by atoms with Gasteiger partial charge in [0.15, 0.2) is 0 Å². The molecule has 13 heavy (non-hydrogen) atoms. The van der Waals surface area contributed by atoms with Crippen molar-refractivity contribution in [1.29, 1.82) is 0 Å². The van der Waals surface area contributed by atoms with Crippen LogP contribution in [-0.2, 0) is 0 Å². The zero-order valence-electron chi connectivity index (χ0n) is 7.94. The van der Waals surface area contributed by atoms with Crippen molar-refractivity contribution in [2.24, 2.45) is 0 Å². The molecule has 1 aromatic carbocycles. The predicted octanol–water partition coefficient (Wildman–Crippen LogP) is -4.47. The van der Waals surface area contributed by atoms with Crippen LogP contribution in [0.3, 0.4) is 0 Å². The average molecular weight is 204 g/mol. The predicted molar refractivity (Wildman–Crippen MR) is 36.2 cm³/mol. The smallest absolute Gasteiger partial charge is 0.545 e. The minimum Gasteiger partial charge on any atom is -0.545 e. The van der Waals surface area contributed by atoms with Gasteiger partial charge in [-0.1, -0.05) is 24.3 Å². The van der Waals surface area contributed by atoms with E-state index < -0.39 is 11.9 Å². The van der Waals surface area contributed by atoms with Gasteiger partial charge in [-0.3, -0.25) is 0 Å². The second-order valence-electron chi connectivity index (χ2n) is 2.15. The van der Waals surface area contributed by atoms with E-state index in [1.165, 1.54) is 0 Å². The molecule has 0 N–H and O–H groups in total. The molecule has 5 heteroatoms. The Bertz CT molecular complexity index is 290. The largest absolute Gasteiger partial charge is 1.00 e. The first-order valence-electron chi connectivity index (χ1n) is 3.14. The van der Waals surface area contributed by atoms with E-state index >= 15 is 0 Å². The van der Waals surface area contributed by atoms with Gasteiger partial charge in [0.2, 0.25) is 0 Å². The fourth-order valence-corrected chi connectivity index (χ4v) is 0.742. The SMILES string of the molecule is O=C([O-])c1ccc(C(=O)[O-])cc1.[H+].[K+]. The van der Waals surface area contributed by atoms with E-state index in [0.717, 1.165) is 24.3 Å². The number of carbonyl (C=O) groups excluding carboxylic acids is 2. The maximum atomic E-state index is 10.2. The van der Waals surface area contributed by atoms with Gasteiger partial charge in [-0.25, -0.2) is 0 Å². The molecule has 0 radical (unpaired) electrons. The molecule has 0 aliphatic carbocycles. The van der Waals surface area contributed by atoms with Crippen molar-refractivity contribution < 1.29 is 72.6 Å². The summed E-state index contributed by atoms with van der Waals surface area (Å²) in [5.41, 5.74) is -0.111. The molecule has 0 atom stereocenters. The number of hydrogen-bond acceptors (Lipinski definition) is 4. The Morgan fingerprint density at radius 3 is 1.31 bits per heavy atom. The molecule has 0 saturated heterocycles. The summed E-state index contributed by atoms with van der Waals surface area (Å²) in [5.74, 6) is -2.67. The van der Waals surface area contributed by atoms with E-state index in [4.69, 9.17) is 0 Å². The Morgan fingerprint density at radius 2 is 1.15 bits per heavy atom. The number of carboxylic acids is 2. The molecule has 0 spiro atoms. The van der Waals surface area contributed by atoms with Crippen LogP contribution in [0.1, 0.15) is 22.1 Å². The van der Waals surface area contributed by atoms with Crippen molar-refractivity contribution in [2.45, 2.75) is 0 Å². The van der Waals surface area contributed by atoms with Crippen LogP contribution in [0, 0.1) is 0 Å². The Hall–Kier alpha value is -0.204. The third-order valence-electron chi connectivity index (χ3n) is 1.36. The topological polar surface area (TPSA) is 80.3 Å². The second kappa shape index (κ2) is 5.51. The maximum absolute atomic E-state index is 10.2. The second-order valence-corrected chi connectivity index (χ2v) is 2.15. The van der Waals surface area contributed by atoms with E-state index in [9.17, 15) is 19.8 Å². The van der Waals surface area contributed by atoms with Gasteiger partial charge in [0.25, 0.3) is 0 Å². The summed E-state index contributed by atoms with van der Waals surface area (Å²) < 4.78 is 0. The fraction of sp³-hybridized carbons (Fsp3) is 0. The third-order valence-corrected chi connectivity index (χ3v) is 1.36. The Balaban J connectivity index is 0. The third kappa shape index (κ3) is 3.57. The average Bonchev–Trinajstić information content (AvgIpc) is 2.04. The van der Waals surface area contributed by atoms with Crippen LogP contribution in [-0.4, -0.2) is 11.9 Å². The molecular weight excluding hydrogens is 199 g/mol. The number of rotatable bonds is 2. The van der Waals surface area contributed by atoms with E-state index in [1.807, 2.05) is 0 Å². The van der Waals surface area contributed by atoms with Crippen molar-refractivity contribution in [3.05, 3.63) is 35.4 Å². The number of hydrogen-bond donors (Lipinski definition) is 0. The standard InChI is InChI=1S/C8H6O4.K/c9-7(10)5-1-2-6(4-3-5)8(11)12;/h1-4H,(H,9,10)(H,11,12);/q;+1/p-1. The van der Waals surface area contributed by atoms with Crippen molar-refractivity contribution >= 4 is 11.9 Å². The Labute approximate surface area is 118 Å². The van der Waals surface area contributed by atoms with Crippen molar-refractivity contribution in [3.8, 4) is 0 Å². The van der Waals surface area contributed by atoms with Crippen molar-refractivity contribution in [3.63, 3.8) is 0 Å². The first-order chi connectivity index (χ1) is 5.61. The number of benzene rings is 1. The molecular formula is C8H5KO4. The molecule has 1 aromatic rings. The van der Waals surface area contributed by atoms with Crippen molar-refractivity contribution in [2.75, 3.05) is 0 Å². The zero-order chi connectivity index (χ0) is 9.14. The molecule has 0 aromatic heterocycles. The fourth-order valence-electron chi connectivity index (χ4n) is 0.742. The Kier molecular flexibility index (Phi) is 5.42. The molecule has 0 aliphatic rings. The summed E-state index contributed by atoms with van der Waals surface area (Å²) in [6.45, 7) is 0. The summed E-state index contributed by atoms with van der Waals surface area (Å²) >= 11 is 0. The molecule has 62 valence electrons. The van der Waals surface area contributed by atoms with Crippen LogP contribution >= 0.6 is 0 Å². The molecule has 0 amide bonds. The minimum atomic E-state index is -1.33. The summed E-state index contributed by atoms with van der Waals surface area (Å²) in [7, 11) is 0. The van der Waals surface area contributed by atoms with E-state index in [-0.39, 0.29) is 63.9 Å². The van der Waals surface area contributed by atoms with E-state index in [2.05, 4.69) is 0 Å². The molecule has 0 unspecified atom stereocenters. The maximum Gasteiger partial charge on any atom is 1.00 e. The van der Waals surface area contributed by atoms with Crippen LogP contribution in [0.2, 0.25) is 0 Å². The van der Waals surface area contributed by atoms with E-state index in [1.54, 1.807) is 0 Å². The van der Waals surface area contributed by atoms with Crippen LogP contribution in [0.25, 0.3) is 0 Å². The van der Waals surface area contributed by atoms with Crippen LogP contribution in [0.15, 0.2) is 24.3 Å². The van der Waals surface area contributed by atoms with Gasteiger partial charge in [0.1, 0.15) is 0 Å². The minimum absolute atomic E-state index is 0. The van der Waals surface area contributed by atoms with Gasteiger partial charge in [0.05, 0.1) is 11.9 Å². The molecule has 0 aliphatic heterocycles. The summed E-state index contributed by atoms with van der Waals surface area (Å²) in [4.78, 5) is 20.4. The normalized spacial score (nSPS) is 8.62. The van der Waals surface area contributed by atoms with Gasteiger partial charge in [0, 0.05) is 0 Å². The van der Waals surface area contributed by atoms with Crippen molar-refractivity contribution in [1.82, 2.24) is 0 Å². The number of aromatic carboxylic acids is 2. The molecule has 1 rings (SSSR count). The molecule has 0 heterocycles. The summed E-state index contributed by atoms with van der Waals surface area (Å²) in [6, 6.07) is 4.61. The van der Waals surface area contributed by atoms with Gasteiger partial charge >= 0.3 is 52.8 Å². The van der Waals surface area contributed by atoms with E-state index in [0.29, 0.717) is 0 Å². The molecule has 0 fully saturated rings. The van der Waals surface area contributed by atoms with Crippen LogP contribution in [0.4, 0.5) is 0 Å².